The van der Waals surface area contributed by atoms with E-state index in [1.807, 2.05) is 49.4 Å². The van der Waals surface area contributed by atoms with E-state index in [9.17, 15) is 9.90 Å². The van der Waals surface area contributed by atoms with E-state index >= 15 is 0 Å². The summed E-state index contributed by atoms with van der Waals surface area (Å²) in [6.45, 7) is 4.96. The minimum atomic E-state index is -0.0415. The molecule has 1 fully saturated rings. The number of benzene rings is 2. The molecule has 1 aliphatic heterocycles. The lowest BCUT2D eigenvalue weighted by Crippen LogP contribution is -2.38. The molecule has 28 heavy (non-hydrogen) atoms. The van der Waals surface area contributed by atoms with Crippen LogP contribution in [0.4, 0.5) is 0 Å². The smallest absolute Gasteiger partial charge is 0.167 e. The number of ether oxygens (including phenoxy) is 2. The zero-order valence-corrected chi connectivity index (χ0v) is 16.7. The van der Waals surface area contributed by atoms with Crippen molar-refractivity contribution < 1.29 is 19.4 Å². The van der Waals surface area contributed by atoms with Gasteiger partial charge in [-0.05, 0) is 56.1 Å². The quantitative estimate of drug-likeness (QED) is 0.705. The molecule has 0 amide bonds. The first-order valence-corrected chi connectivity index (χ1v) is 9.90. The van der Waals surface area contributed by atoms with Crippen LogP contribution in [-0.4, -0.2) is 42.6 Å². The zero-order valence-electron chi connectivity index (χ0n) is 16.7. The molecule has 0 spiro atoms. The monoisotopic (exact) mass is 383 g/mol. The third kappa shape index (κ3) is 4.91. The van der Waals surface area contributed by atoms with Crippen LogP contribution >= 0.6 is 0 Å². The molecule has 150 valence electrons. The van der Waals surface area contributed by atoms with Gasteiger partial charge in [0.15, 0.2) is 5.78 Å². The Morgan fingerprint density at radius 2 is 2.11 bits per heavy atom. The number of methoxy groups -OCH3 is 1. The fourth-order valence-electron chi connectivity index (χ4n) is 3.83. The number of aliphatic hydroxyl groups excluding tert-OH is 1. The number of hydrogen-bond acceptors (Lipinski definition) is 5. The van der Waals surface area contributed by atoms with Gasteiger partial charge in [-0.2, -0.15) is 0 Å². The van der Waals surface area contributed by atoms with Gasteiger partial charge in [0.05, 0.1) is 20.3 Å². The van der Waals surface area contributed by atoms with E-state index in [4.69, 9.17) is 9.47 Å². The average molecular weight is 383 g/mol. The lowest BCUT2D eigenvalue weighted by atomic mass is 9.89. The van der Waals surface area contributed by atoms with Gasteiger partial charge < -0.3 is 14.6 Å². The van der Waals surface area contributed by atoms with Crippen LogP contribution in [0.3, 0.4) is 0 Å². The van der Waals surface area contributed by atoms with Crippen molar-refractivity contribution in [2.45, 2.75) is 32.9 Å². The molecule has 2 aromatic carbocycles. The lowest BCUT2D eigenvalue weighted by molar-refractivity contribution is 0.0811. The topological polar surface area (TPSA) is 59.0 Å². The summed E-state index contributed by atoms with van der Waals surface area (Å²) in [7, 11) is 1.61. The highest BCUT2D eigenvalue weighted by atomic mass is 16.5. The second-order valence-corrected chi connectivity index (χ2v) is 7.20. The minimum Gasteiger partial charge on any atom is -0.497 e. The highest BCUT2D eigenvalue weighted by molar-refractivity contribution is 5.98. The maximum atomic E-state index is 13.0. The van der Waals surface area contributed by atoms with Crippen LogP contribution in [0.5, 0.6) is 11.5 Å². The predicted octanol–water partition coefficient (Wildman–Crippen LogP) is 3.68. The van der Waals surface area contributed by atoms with Crippen molar-refractivity contribution in [1.82, 2.24) is 4.90 Å². The molecule has 1 saturated heterocycles. The number of piperidine rings is 1. The Morgan fingerprint density at radius 3 is 2.86 bits per heavy atom. The number of rotatable bonds is 8. The molecule has 3 rings (SSSR count). The van der Waals surface area contributed by atoms with Gasteiger partial charge in [-0.15, -0.1) is 0 Å². The van der Waals surface area contributed by atoms with E-state index in [1.165, 1.54) is 0 Å². The Kier molecular flexibility index (Phi) is 7.06. The lowest BCUT2D eigenvalue weighted by Gasteiger charge is -2.32. The molecular formula is C23H29NO4. The van der Waals surface area contributed by atoms with Gasteiger partial charge in [-0.1, -0.05) is 18.2 Å². The first-order valence-electron chi connectivity index (χ1n) is 9.90. The highest BCUT2D eigenvalue weighted by Gasteiger charge is 2.27. The average Bonchev–Trinajstić information content (AvgIpc) is 2.74. The normalized spacial score (nSPS) is 17.3. The number of carbonyl (C=O) groups is 1. The van der Waals surface area contributed by atoms with Crippen molar-refractivity contribution in [3.63, 3.8) is 0 Å². The van der Waals surface area contributed by atoms with Crippen LogP contribution in [0.2, 0.25) is 0 Å². The van der Waals surface area contributed by atoms with Crippen molar-refractivity contribution in [3.05, 3.63) is 59.2 Å². The number of Topliss-reactive ketones (excluding diaryl/α,β-unsaturated/α-hetero) is 1. The summed E-state index contributed by atoms with van der Waals surface area (Å²) in [5, 5.41) is 9.61. The molecule has 0 radical (unpaired) electrons. The molecule has 0 saturated carbocycles. The van der Waals surface area contributed by atoms with Crippen LogP contribution in [0.1, 0.15) is 41.3 Å². The summed E-state index contributed by atoms with van der Waals surface area (Å²) in [4.78, 5) is 15.3. The van der Waals surface area contributed by atoms with Gasteiger partial charge in [0.2, 0.25) is 0 Å². The summed E-state index contributed by atoms with van der Waals surface area (Å²) in [6, 6.07) is 13.4. The Hall–Kier alpha value is -2.37. The van der Waals surface area contributed by atoms with Crippen molar-refractivity contribution in [2.24, 2.45) is 5.92 Å². The molecule has 5 nitrogen and oxygen atoms in total. The molecule has 0 bridgehead atoms. The number of ketones is 1. The van der Waals surface area contributed by atoms with Crippen LogP contribution in [0.15, 0.2) is 42.5 Å². The number of nitrogens with zero attached hydrogens (tertiary/aromatic N) is 1. The van der Waals surface area contributed by atoms with E-state index in [0.29, 0.717) is 12.4 Å². The number of hydrogen-bond donors (Lipinski definition) is 1. The zero-order chi connectivity index (χ0) is 19.9. The second kappa shape index (κ2) is 9.71. The molecule has 0 aromatic heterocycles. The van der Waals surface area contributed by atoms with Crippen LogP contribution < -0.4 is 9.47 Å². The molecule has 0 unspecified atom stereocenters. The molecular weight excluding hydrogens is 354 g/mol. The molecule has 1 heterocycles. The number of aliphatic hydroxyl groups is 1. The number of likely N-dealkylation sites (tertiary alicyclic amines) is 1. The maximum absolute atomic E-state index is 13.0. The van der Waals surface area contributed by atoms with Crippen LogP contribution in [0, 0.1) is 5.92 Å². The molecule has 1 N–H and O–H groups in total. The van der Waals surface area contributed by atoms with Crippen LogP contribution in [0.25, 0.3) is 0 Å². The van der Waals surface area contributed by atoms with Crippen molar-refractivity contribution in [2.75, 3.05) is 26.8 Å². The van der Waals surface area contributed by atoms with E-state index in [2.05, 4.69) is 4.90 Å². The molecule has 2 aromatic rings. The van der Waals surface area contributed by atoms with E-state index in [1.54, 1.807) is 7.11 Å². The largest absolute Gasteiger partial charge is 0.497 e. The van der Waals surface area contributed by atoms with Gasteiger partial charge in [0.25, 0.3) is 0 Å². The molecule has 1 aliphatic rings. The third-order valence-corrected chi connectivity index (χ3v) is 5.23. The first kappa shape index (κ1) is 20.4. The van der Waals surface area contributed by atoms with Gasteiger partial charge in [0, 0.05) is 30.1 Å². The Bertz CT molecular complexity index is 805. The molecule has 1 atom stereocenters. The van der Waals surface area contributed by atoms with Crippen molar-refractivity contribution in [1.29, 1.82) is 0 Å². The highest BCUT2D eigenvalue weighted by Crippen LogP contribution is 2.26. The number of carbonyl (C=O) groups excluding carboxylic acids is 1. The SMILES string of the molecule is CCOc1ccc(CN2CCC[C@H](C(=O)c3cccc(OC)c3)C2)cc1CO. The van der Waals surface area contributed by atoms with Gasteiger partial charge in [-0.3, -0.25) is 9.69 Å². The summed E-state index contributed by atoms with van der Waals surface area (Å²) in [6.07, 6.45) is 1.92. The summed E-state index contributed by atoms with van der Waals surface area (Å²) >= 11 is 0. The van der Waals surface area contributed by atoms with Crippen LogP contribution in [-0.2, 0) is 13.2 Å². The fraction of sp³-hybridized carbons (Fsp3) is 0.435. The maximum Gasteiger partial charge on any atom is 0.167 e. The first-order chi connectivity index (χ1) is 13.6. The van der Waals surface area contributed by atoms with Crippen molar-refractivity contribution >= 4 is 5.78 Å². The third-order valence-electron chi connectivity index (χ3n) is 5.23. The van der Waals surface area contributed by atoms with E-state index in [-0.39, 0.29) is 18.3 Å². The standard InChI is InChI=1S/C23H29NO4/c1-3-28-22-10-9-17(12-20(22)16-25)14-24-11-5-7-19(15-24)23(26)18-6-4-8-21(13-18)27-2/h4,6,8-10,12-13,19,25H,3,5,7,11,14-16H2,1-2H3/t19-/m0/s1. The Labute approximate surface area is 166 Å². The van der Waals surface area contributed by atoms with E-state index < -0.39 is 0 Å². The van der Waals surface area contributed by atoms with Crippen molar-refractivity contribution in [3.8, 4) is 11.5 Å². The minimum absolute atomic E-state index is 0.000802. The Morgan fingerprint density at radius 1 is 1.25 bits per heavy atom. The van der Waals surface area contributed by atoms with Gasteiger partial charge in [0.1, 0.15) is 11.5 Å². The summed E-state index contributed by atoms with van der Waals surface area (Å²) in [5.41, 5.74) is 2.65. The second-order valence-electron chi connectivity index (χ2n) is 7.20. The van der Waals surface area contributed by atoms with E-state index in [0.717, 1.165) is 54.9 Å². The summed E-state index contributed by atoms with van der Waals surface area (Å²) < 4.78 is 10.8. The summed E-state index contributed by atoms with van der Waals surface area (Å²) in [5.74, 6) is 1.63. The Balaban J connectivity index is 1.67. The van der Waals surface area contributed by atoms with Gasteiger partial charge in [-0.25, -0.2) is 0 Å². The molecule has 0 aliphatic carbocycles. The van der Waals surface area contributed by atoms with Gasteiger partial charge >= 0.3 is 0 Å². The molecule has 5 heteroatoms. The predicted molar refractivity (Wildman–Crippen MR) is 109 cm³/mol. The fourth-order valence-corrected chi connectivity index (χ4v) is 3.83.